The minimum absolute atomic E-state index is 0.368. The van der Waals surface area contributed by atoms with Crippen LogP contribution in [0.1, 0.15) is 80.1 Å². The number of likely N-dealkylation sites (tertiary alicyclic amines) is 3. The van der Waals surface area contributed by atoms with Crippen molar-refractivity contribution in [3.05, 3.63) is 0 Å². The molecule has 3 nitrogen and oxygen atoms in total. The van der Waals surface area contributed by atoms with Crippen molar-refractivity contribution < 1.29 is 0 Å². The molecule has 3 heteroatoms. The highest BCUT2D eigenvalue weighted by Crippen LogP contribution is 2.47. The van der Waals surface area contributed by atoms with Gasteiger partial charge in [-0.15, -0.1) is 0 Å². The first-order chi connectivity index (χ1) is 12.6. The molecule has 1 spiro atoms. The zero-order valence-corrected chi connectivity index (χ0v) is 19.1. The molecule has 1 saturated carbocycles. The van der Waals surface area contributed by atoms with Crippen LogP contribution in [0.4, 0.5) is 0 Å². The van der Waals surface area contributed by atoms with Crippen molar-refractivity contribution in [3.8, 4) is 0 Å². The van der Waals surface area contributed by atoms with Gasteiger partial charge in [0.2, 0.25) is 0 Å². The molecule has 3 saturated heterocycles. The summed E-state index contributed by atoms with van der Waals surface area (Å²) in [7, 11) is 0. The minimum atomic E-state index is 0.368. The molecule has 4 fully saturated rings. The molecule has 3 aliphatic heterocycles. The van der Waals surface area contributed by atoms with Gasteiger partial charge in [0.25, 0.3) is 0 Å². The summed E-state index contributed by atoms with van der Waals surface area (Å²) in [6, 6.07) is 1.75. The van der Waals surface area contributed by atoms with Crippen LogP contribution in [0, 0.1) is 16.7 Å². The Morgan fingerprint density at radius 2 is 1.26 bits per heavy atom. The van der Waals surface area contributed by atoms with Crippen LogP contribution in [-0.2, 0) is 0 Å². The average molecular weight is 376 g/mol. The second-order valence-corrected chi connectivity index (χ2v) is 12.5. The summed E-state index contributed by atoms with van der Waals surface area (Å²) in [5.41, 5.74) is 1.55. The highest BCUT2D eigenvalue weighted by molar-refractivity contribution is 5.04. The third-order valence-electron chi connectivity index (χ3n) is 8.69. The zero-order chi connectivity index (χ0) is 19.4. The van der Waals surface area contributed by atoms with E-state index < -0.39 is 0 Å². The van der Waals surface area contributed by atoms with Crippen molar-refractivity contribution in [3.63, 3.8) is 0 Å². The van der Waals surface area contributed by atoms with Crippen LogP contribution in [0.25, 0.3) is 0 Å². The summed E-state index contributed by atoms with van der Waals surface area (Å²) < 4.78 is 0. The van der Waals surface area contributed by atoms with Gasteiger partial charge in [0.05, 0.1) is 0 Å². The highest BCUT2D eigenvalue weighted by atomic mass is 15.3. The molecule has 0 amide bonds. The molecule has 0 aromatic heterocycles. The first-order valence-corrected chi connectivity index (χ1v) is 11.8. The molecule has 0 aromatic rings. The fourth-order valence-corrected chi connectivity index (χ4v) is 6.28. The summed E-state index contributed by atoms with van der Waals surface area (Å²) in [5.74, 6) is 0.926. The van der Waals surface area contributed by atoms with Crippen molar-refractivity contribution in [1.29, 1.82) is 0 Å². The predicted molar refractivity (Wildman–Crippen MR) is 115 cm³/mol. The summed E-state index contributed by atoms with van der Waals surface area (Å²) >= 11 is 0. The number of hydrogen-bond donors (Lipinski definition) is 0. The second kappa shape index (κ2) is 6.99. The largest absolute Gasteiger partial charge is 0.298 e. The van der Waals surface area contributed by atoms with Crippen LogP contribution < -0.4 is 0 Å². The van der Waals surface area contributed by atoms with Crippen molar-refractivity contribution in [2.75, 3.05) is 39.3 Å². The quantitative estimate of drug-likeness (QED) is 0.705. The van der Waals surface area contributed by atoms with Gasteiger partial charge in [-0.2, -0.15) is 0 Å². The minimum Gasteiger partial charge on any atom is -0.298 e. The summed E-state index contributed by atoms with van der Waals surface area (Å²) in [6.07, 6.45) is 8.69. The summed E-state index contributed by atoms with van der Waals surface area (Å²) in [4.78, 5) is 8.33. The standard InChI is InChI=1S/C24H45N3/c1-22(2,3)19-9-13-25(14-10-19)21-15-26(16-21)20-7-11-24(12-8-20)17-27(18-24)23(4,5)6/h19-21H,7-18H2,1-6H3. The average Bonchev–Trinajstić information content (AvgIpc) is 2.51. The van der Waals surface area contributed by atoms with E-state index in [0.29, 0.717) is 16.4 Å². The molecule has 156 valence electrons. The monoisotopic (exact) mass is 375 g/mol. The fourth-order valence-electron chi connectivity index (χ4n) is 6.28. The van der Waals surface area contributed by atoms with E-state index in [1.165, 1.54) is 77.8 Å². The predicted octanol–water partition coefficient (Wildman–Crippen LogP) is 4.47. The zero-order valence-electron chi connectivity index (χ0n) is 19.1. The van der Waals surface area contributed by atoms with Crippen LogP contribution in [0.15, 0.2) is 0 Å². The third kappa shape index (κ3) is 4.12. The molecule has 0 atom stereocenters. The third-order valence-corrected chi connectivity index (χ3v) is 8.69. The molecule has 4 rings (SSSR count). The van der Waals surface area contributed by atoms with Crippen LogP contribution in [0.5, 0.6) is 0 Å². The molecule has 0 bridgehead atoms. The first-order valence-electron chi connectivity index (χ1n) is 11.8. The number of piperidine rings is 1. The van der Waals surface area contributed by atoms with Crippen molar-refractivity contribution >= 4 is 0 Å². The number of hydrogen-bond acceptors (Lipinski definition) is 3. The first kappa shape index (κ1) is 20.2. The van der Waals surface area contributed by atoms with Crippen LogP contribution in [-0.4, -0.2) is 71.6 Å². The van der Waals surface area contributed by atoms with E-state index in [-0.39, 0.29) is 0 Å². The van der Waals surface area contributed by atoms with Gasteiger partial charge >= 0.3 is 0 Å². The van der Waals surface area contributed by atoms with Gasteiger partial charge in [-0.05, 0) is 89.1 Å². The Morgan fingerprint density at radius 3 is 1.74 bits per heavy atom. The normalized spacial score (nSPS) is 30.4. The maximum atomic E-state index is 2.83. The van der Waals surface area contributed by atoms with Gasteiger partial charge in [0.1, 0.15) is 0 Å². The van der Waals surface area contributed by atoms with Crippen molar-refractivity contribution in [1.82, 2.24) is 14.7 Å². The van der Waals surface area contributed by atoms with E-state index in [0.717, 1.165) is 18.0 Å². The van der Waals surface area contributed by atoms with Crippen LogP contribution in [0.2, 0.25) is 0 Å². The van der Waals surface area contributed by atoms with Crippen LogP contribution >= 0.6 is 0 Å². The Kier molecular flexibility index (Phi) is 5.22. The fraction of sp³-hybridized carbons (Fsp3) is 1.00. The molecule has 0 radical (unpaired) electrons. The second-order valence-electron chi connectivity index (χ2n) is 12.5. The highest BCUT2D eigenvalue weighted by Gasteiger charge is 2.49. The summed E-state index contributed by atoms with van der Waals surface area (Å²) in [6.45, 7) is 22.5. The molecular formula is C24H45N3. The van der Waals surface area contributed by atoms with E-state index in [1.807, 2.05) is 0 Å². The lowest BCUT2D eigenvalue weighted by Gasteiger charge is -2.60. The molecule has 3 heterocycles. The van der Waals surface area contributed by atoms with E-state index in [1.54, 1.807) is 0 Å². The van der Waals surface area contributed by atoms with Gasteiger partial charge in [-0.1, -0.05) is 20.8 Å². The van der Waals surface area contributed by atoms with Gasteiger partial charge < -0.3 is 0 Å². The van der Waals surface area contributed by atoms with E-state index in [9.17, 15) is 0 Å². The van der Waals surface area contributed by atoms with Gasteiger partial charge in [-0.25, -0.2) is 0 Å². The molecule has 27 heavy (non-hydrogen) atoms. The molecule has 0 N–H and O–H groups in total. The van der Waals surface area contributed by atoms with E-state index in [2.05, 4.69) is 56.2 Å². The Labute approximate surface area is 168 Å². The molecule has 1 aliphatic carbocycles. The number of nitrogens with zero attached hydrogens (tertiary/aromatic N) is 3. The SMILES string of the molecule is CC(C)(C)C1CCN(C2CN(C3CCC4(CC3)CN(C(C)(C)C)C4)C2)CC1. The topological polar surface area (TPSA) is 9.72 Å². The Balaban J connectivity index is 1.17. The van der Waals surface area contributed by atoms with E-state index >= 15 is 0 Å². The maximum Gasteiger partial charge on any atom is 0.0350 e. The molecule has 0 unspecified atom stereocenters. The Morgan fingerprint density at radius 1 is 0.704 bits per heavy atom. The molecule has 4 aliphatic rings. The lowest BCUT2D eigenvalue weighted by Crippen LogP contribution is -2.66. The van der Waals surface area contributed by atoms with Gasteiger partial charge in [0.15, 0.2) is 0 Å². The van der Waals surface area contributed by atoms with Crippen LogP contribution in [0.3, 0.4) is 0 Å². The Bertz CT molecular complexity index is 499. The molecular weight excluding hydrogens is 330 g/mol. The lowest BCUT2D eigenvalue weighted by molar-refractivity contribution is -0.0996. The molecule has 0 aromatic carbocycles. The Hall–Kier alpha value is -0.120. The summed E-state index contributed by atoms with van der Waals surface area (Å²) in [5, 5.41) is 0. The van der Waals surface area contributed by atoms with Crippen molar-refractivity contribution in [2.24, 2.45) is 16.7 Å². The van der Waals surface area contributed by atoms with Gasteiger partial charge in [-0.3, -0.25) is 14.7 Å². The number of rotatable bonds is 2. The van der Waals surface area contributed by atoms with Crippen molar-refractivity contribution in [2.45, 2.75) is 97.7 Å². The van der Waals surface area contributed by atoms with Gasteiger partial charge in [0, 0.05) is 43.8 Å². The maximum absolute atomic E-state index is 2.83. The lowest BCUT2D eigenvalue weighted by atomic mass is 9.65. The van der Waals surface area contributed by atoms with E-state index in [4.69, 9.17) is 0 Å². The smallest absolute Gasteiger partial charge is 0.0350 e.